The highest BCUT2D eigenvalue weighted by Gasteiger charge is 2.43. The van der Waals surface area contributed by atoms with Crippen LogP contribution < -0.4 is 0 Å². The Morgan fingerprint density at radius 3 is 1.98 bits per heavy atom. The fourth-order valence-electron chi connectivity index (χ4n) is 6.67. The quantitative estimate of drug-likeness (QED) is 0.320. The highest BCUT2D eigenvalue weighted by Crippen LogP contribution is 2.39. The molecule has 4 amide bonds. The van der Waals surface area contributed by atoms with Gasteiger partial charge in [0.15, 0.2) is 0 Å². The zero-order chi connectivity index (χ0) is 33.6. The molecule has 250 valence electrons. The Hall–Kier alpha value is -3.19. The number of alkyl halides is 6. The summed E-state index contributed by atoms with van der Waals surface area (Å²) in [7, 11) is 0. The minimum atomic E-state index is -5.00. The van der Waals surface area contributed by atoms with E-state index in [2.05, 4.69) is 0 Å². The van der Waals surface area contributed by atoms with Crippen molar-refractivity contribution < 1.29 is 40.7 Å². The molecule has 2 atom stereocenters. The van der Waals surface area contributed by atoms with Gasteiger partial charge in [-0.25, -0.2) is 4.79 Å². The number of carbonyl (C=O) groups excluding carboxylic acids is 3. The van der Waals surface area contributed by atoms with Crippen LogP contribution in [0.15, 0.2) is 36.4 Å². The predicted octanol–water partition coefficient (Wildman–Crippen LogP) is 6.91. The first kappa shape index (κ1) is 34.2. The topological polar surface area (TPSA) is 64.2 Å². The van der Waals surface area contributed by atoms with Gasteiger partial charge >= 0.3 is 18.4 Å². The van der Waals surface area contributed by atoms with Crippen LogP contribution in [-0.2, 0) is 28.5 Å². The molecule has 2 unspecified atom stereocenters. The number of hydrogen-bond acceptors (Lipinski definition) is 3. The van der Waals surface area contributed by atoms with Crippen LogP contribution in [0.25, 0.3) is 0 Å². The van der Waals surface area contributed by atoms with Gasteiger partial charge in [-0.3, -0.25) is 9.59 Å². The third-order valence-electron chi connectivity index (χ3n) is 9.10. The molecule has 0 aliphatic carbocycles. The number of likely N-dealkylation sites (tertiary alicyclic amines) is 2. The molecule has 0 radical (unpaired) electrons. The van der Waals surface area contributed by atoms with Crippen LogP contribution in [0.3, 0.4) is 0 Å². The summed E-state index contributed by atoms with van der Waals surface area (Å²) in [6, 6.07) is 5.46. The van der Waals surface area contributed by atoms with Gasteiger partial charge in [0.25, 0.3) is 0 Å². The van der Waals surface area contributed by atoms with E-state index in [9.17, 15) is 40.7 Å². The van der Waals surface area contributed by atoms with Crippen LogP contribution in [0, 0.1) is 5.92 Å². The van der Waals surface area contributed by atoms with Gasteiger partial charge in [0.2, 0.25) is 11.8 Å². The molecule has 0 aromatic heterocycles. The van der Waals surface area contributed by atoms with Crippen LogP contribution in [0.1, 0.15) is 54.4 Å². The molecule has 2 aromatic rings. The summed E-state index contributed by atoms with van der Waals surface area (Å²) < 4.78 is 80.6. The first-order chi connectivity index (χ1) is 21.5. The van der Waals surface area contributed by atoms with Crippen LogP contribution >= 0.6 is 23.2 Å². The monoisotopic (exact) mass is 692 g/mol. The largest absolute Gasteiger partial charge is 0.416 e. The second kappa shape index (κ2) is 13.1. The molecule has 7 nitrogen and oxygen atoms in total. The maximum absolute atomic E-state index is 13.7. The van der Waals surface area contributed by atoms with E-state index >= 15 is 0 Å². The summed E-state index contributed by atoms with van der Waals surface area (Å²) in [6.07, 6.45) is -8.52. The van der Waals surface area contributed by atoms with Crippen LogP contribution in [0.4, 0.5) is 31.1 Å². The molecule has 3 fully saturated rings. The Morgan fingerprint density at radius 2 is 1.41 bits per heavy atom. The second-order valence-electron chi connectivity index (χ2n) is 12.0. The third kappa shape index (κ3) is 7.35. The molecule has 46 heavy (non-hydrogen) atoms. The van der Waals surface area contributed by atoms with Crippen LogP contribution in [-0.4, -0.2) is 82.8 Å². The van der Waals surface area contributed by atoms with E-state index in [1.807, 2.05) is 0 Å². The molecule has 0 N–H and O–H groups in total. The summed E-state index contributed by atoms with van der Waals surface area (Å²) in [5.74, 6) is -0.714. The van der Waals surface area contributed by atoms with E-state index in [4.69, 9.17) is 23.2 Å². The van der Waals surface area contributed by atoms with E-state index in [0.29, 0.717) is 56.1 Å². The van der Waals surface area contributed by atoms with Crippen molar-refractivity contribution in [1.29, 1.82) is 0 Å². The highest BCUT2D eigenvalue weighted by atomic mass is 35.5. The van der Waals surface area contributed by atoms with Crippen molar-refractivity contribution in [2.24, 2.45) is 5.92 Å². The SMILES string of the molecule is CC(=O)N1CCC(C(=O)N2CCC(N3CCN(Cc4cc(C(F)(F)F)cc(C(F)(F)F)c4)C3=O)C(c3ccc(Cl)c(Cl)c3)C2)CC1. The second-order valence-corrected chi connectivity index (χ2v) is 12.8. The van der Waals surface area contributed by atoms with Gasteiger partial charge in [-0.1, -0.05) is 29.3 Å². The number of amides is 4. The Morgan fingerprint density at radius 1 is 0.804 bits per heavy atom. The molecule has 15 heteroatoms. The molecule has 3 heterocycles. The standard InChI is InChI=1S/C31H32Cl2F6N4O3/c1-18(44)40-7-4-20(5-8-40)28(45)41-9-6-27(24(17-41)21-2-3-25(32)26(33)14-21)43-11-10-42(29(43)46)16-19-12-22(30(34,35)36)15-23(13-19)31(37,38)39/h2-3,12-15,20,24,27H,4-11,16-17H2,1H3. The lowest BCUT2D eigenvalue weighted by Crippen LogP contribution is -2.54. The first-order valence-electron chi connectivity index (χ1n) is 14.9. The van der Waals surface area contributed by atoms with E-state index in [-0.39, 0.29) is 59.9 Å². The lowest BCUT2D eigenvalue weighted by Gasteiger charge is -2.44. The minimum Gasteiger partial charge on any atom is -0.343 e. The number of benzene rings is 2. The van der Waals surface area contributed by atoms with Gasteiger partial charge < -0.3 is 19.6 Å². The normalized spacial score (nSPS) is 21.7. The zero-order valence-corrected chi connectivity index (χ0v) is 26.3. The average molecular weight is 694 g/mol. The number of hydrogen-bond donors (Lipinski definition) is 0. The zero-order valence-electron chi connectivity index (χ0n) is 24.8. The fraction of sp³-hybridized carbons (Fsp3) is 0.516. The van der Waals surface area contributed by atoms with E-state index in [1.54, 1.807) is 32.9 Å². The molecule has 0 saturated carbocycles. The van der Waals surface area contributed by atoms with Gasteiger partial charge in [-0.2, -0.15) is 26.3 Å². The number of piperidine rings is 2. The minimum absolute atomic E-state index is 0.0360. The predicted molar refractivity (Wildman–Crippen MR) is 158 cm³/mol. The van der Waals surface area contributed by atoms with E-state index < -0.39 is 42.1 Å². The highest BCUT2D eigenvalue weighted by molar-refractivity contribution is 6.42. The first-order valence-corrected chi connectivity index (χ1v) is 15.6. The molecule has 0 bridgehead atoms. The number of nitrogens with zero attached hydrogens (tertiary/aromatic N) is 4. The molecule has 5 rings (SSSR count). The van der Waals surface area contributed by atoms with E-state index in [0.717, 1.165) is 5.56 Å². The molecular formula is C31H32Cl2F6N4O3. The van der Waals surface area contributed by atoms with Crippen molar-refractivity contribution in [2.45, 2.75) is 57.0 Å². The van der Waals surface area contributed by atoms with Crippen LogP contribution in [0.2, 0.25) is 10.0 Å². The number of carbonyl (C=O) groups is 3. The van der Waals surface area contributed by atoms with Gasteiger partial charge in [-0.05, 0) is 60.7 Å². The molecule has 3 aliphatic heterocycles. The number of urea groups is 1. The van der Waals surface area contributed by atoms with Crippen molar-refractivity contribution in [3.63, 3.8) is 0 Å². The summed E-state index contributed by atoms with van der Waals surface area (Å²) in [5.41, 5.74) is -2.43. The lowest BCUT2D eigenvalue weighted by atomic mass is 9.84. The lowest BCUT2D eigenvalue weighted by molar-refractivity contribution is -0.143. The van der Waals surface area contributed by atoms with Crippen LogP contribution in [0.5, 0.6) is 0 Å². The smallest absolute Gasteiger partial charge is 0.343 e. The van der Waals surface area contributed by atoms with Crippen molar-refractivity contribution in [3.05, 3.63) is 68.7 Å². The molecule has 2 aromatic carbocycles. The summed E-state index contributed by atoms with van der Waals surface area (Å²) >= 11 is 12.5. The van der Waals surface area contributed by atoms with E-state index in [1.165, 1.54) is 11.8 Å². The fourth-order valence-corrected chi connectivity index (χ4v) is 6.98. The maximum Gasteiger partial charge on any atom is 0.416 e. The van der Waals surface area contributed by atoms with Crippen molar-refractivity contribution in [1.82, 2.24) is 19.6 Å². The van der Waals surface area contributed by atoms with Gasteiger partial charge in [0.1, 0.15) is 0 Å². The molecular weight excluding hydrogens is 661 g/mol. The number of halogens is 8. The Labute approximate surface area is 272 Å². The summed E-state index contributed by atoms with van der Waals surface area (Å²) in [4.78, 5) is 45.3. The van der Waals surface area contributed by atoms with Gasteiger partial charge in [0.05, 0.1) is 21.2 Å². The third-order valence-corrected chi connectivity index (χ3v) is 9.84. The Kier molecular flexibility index (Phi) is 9.75. The van der Waals surface area contributed by atoms with Gasteiger partial charge in [-0.15, -0.1) is 0 Å². The summed E-state index contributed by atoms with van der Waals surface area (Å²) in [5, 5.41) is 0.614. The van der Waals surface area contributed by atoms with Crippen molar-refractivity contribution in [3.8, 4) is 0 Å². The van der Waals surface area contributed by atoms with Crippen molar-refractivity contribution >= 4 is 41.0 Å². The van der Waals surface area contributed by atoms with Crippen molar-refractivity contribution in [2.75, 3.05) is 39.3 Å². The number of rotatable bonds is 5. The Balaban J connectivity index is 1.36. The maximum atomic E-state index is 13.7. The molecule has 3 aliphatic rings. The summed E-state index contributed by atoms with van der Waals surface area (Å²) in [6.45, 7) is 2.95. The average Bonchev–Trinajstić information content (AvgIpc) is 3.36. The Bertz CT molecular complexity index is 1460. The molecule has 3 saturated heterocycles. The van der Waals surface area contributed by atoms with Gasteiger partial charge in [0, 0.05) is 70.6 Å². The molecule has 0 spiro atoms.